The molecule has 1 aliphatic rings. The van der Waals surface area contributed by atoms with Crippen LogP contribution in [0.1, 0.15) is 46.5 Å². The monoisotopic (exact) mass is 270 g/mol. The molecule has 19 heavy (non-hydrogen) atoms. The molecule has 2 atom stereocenters. The van der Waals surface area contributed by atoms with E-state index in [2.05, 4.69) is 24.1 Å². The van der Waals surface area contributed by atoms with E-state index in [9.17, 15) is 4.79 Å². The number of hydrogen-bond donors (Lipinski definition) is 1. The van der Waals surface area contributed by atoms with Crippen molar-refractivity contribution >= 4 is 5.97 Å². The maximum absolute atomic E-state index is 12.0. The van der Waals surface area contributed by atoms with Crippen molar-refractivity contribution in [1.29, 1.82) is 0 Å². The van der Waals surface area contributed by atoms with Crippen LogP contribution >= 0.6 is 0 Å². The summed E-state index contributed by atoms with van der Waals surface area (Å²) < 4.78 is 5.20. The summed E-state index contributed by atoms with van der Waals surface area (Å²) in [6.07, 6.45) is 4.46. The van der Waals surface area contributed by atoms with Crippen LogP contribution in [0, 0.1) is 5.92 Å². The molecule has 1 fully saturated rings. The lowest BCUT2D eigenvalue weighted by Crippen LogP contribution is -2.48. The second kappa shape index (κ2) is 9.32. The maximum atomic E-state index is 12.0. The van der Waals surface area contributed by atoms with Crippen LogP contribution in [0.2, 0.25) is 0 Å². The van der Waals surface area contributed by atoms with E-state index in [0.717, 1.165) is 39.0 Å². The molecular formula is C15H30N2O2. The summed E-state index contributed by atoms with van der Waals surface area (Å²) in [5, 5.41) is 3.45. The number of nitrogens with zero attached hydrogens (tertiary/aromatic N) is 1. The summed E-state index contributed by atoms with van der Waals surface area (Å²) in [4.78, 5) is 14.3. The zero-order chi connectivity index (χ0) is 14.1. The minimum Gasteiger partial charge on any atom is -0.465 e. The second-order valence-electron chi connectivity index (χ2n) is 5.57. The number of hydrogen-bond acceptors (Lipinski definition) is 4. The van der Waals surface area contributed by atoms with Gasteiger partial charge in [0.15, 0.2) is 0 Å². The third-order valence-electron chi connectivity index (χ3n) is 3.64. The minimum atomic E-state index is -0.0316. The number of carbonyl (C=O) groups is 1. The molecule has 0 saturated carbocycles. The Morgan fingerprint density at radius 3 is 2.89 bits per heavy atom. The smallest absolute Gasteiger partial charge is 0.323 e. The Kier molecular flexibility index (Phi) is 8.07. The van der Waals surface area contributed by atoms with Gasteiger partial charge in [-0.3, -0.25) is 9.69 Å². The van der Waals surface area contributed by atoms with Gasteiger partial charge in [-0.25, -0.2) is 0 Å². The molecule has 0 aromatic rings. The number of nitrogens with one attached hydrogen (secondary N) is 1. The Morgan fingerprint density at radius 2 is 2.21 bits per heavy atom. The van der Waals surface area contributed by atoms with Gasteiger partial charge in [-0.2, -0.15) is 0 Å². The van der Waals surface area contributed by atoms with Crippen LogP contribution in [-0.4, -0.2) is 49.7 Å². The molecule has 0 spiro atoms. The number of ether oxygens (including phenoxy) is 1. The van der Waals surface area contributed by atoms with Crippen LogP contribution < -0.4 is 5.32 Å². The molecule has 4 nitrogen and oxygen atoms in total. The highest BCUT2D eigenvalue weighted by atomic mass is 16.5. The highest BCUT2D eigenvalue weighted by Crippen LogP contribution is 2.19. The predicted octanol–water partition coefficient (Wildman–Crippen LogP) is 2.04. The summed E-state index contributed by atoms with van der Waals surface area (Å²) in [5.41, 5.74) is 0. The number of carbonyl (C=O) groups excluding carboxylic acids is 1. The van der Waals surface area contributed by atoms with Crippen LogP contribution in [0.3, 0.4) is 0 Å². The fraction of sp³-hybridized carbons (Fsp3) is 0.933. The molecular weight excluding hydrogens is 240 g/mol. The average molecular weight is 270 g/mol. The van der Waals surface area contributed by atoms with Crippen molar-refractivity contribution in [3.63, 3.8) is 0 Å². The first-order valence-corrected chi connectivity index (χ1v) is 7.80. The van der Waals surface area contributed by atoms with Gasteiger partial charge < -0.3 is 10.1 Å². The van der Waals surface area contributed by atoms with E-state index in [4.69, 9.17) is 4.74 Å². The highest BCUT2D eigenvalue weighted by Gasteiger charge is 2.30. The van der Waals surface area contributed by atoms with Gasteiger partial charge >= 0.3 is 5.97 Å². The zero-order valence-corrected chi connectivity index (χ0v) is 12.8. The lowest BCUT2D eigenvalue weighted by Gasteiger charge is -2.35. The molecule has 112 valence electrons. The van der Waals surface area contributed by atoms with Crippen LogP contribution in [-0.2, 0) is 9.53 Å². The number of esters is 1. The van der Waals surface area contributed by atoms with E-state index in [1.165, 1.54) is 12.8 Å². The highest BCUT2D eigenvalue weighted by molar-refractivity contribution is 5.75. The van der Waals surface area contributed by atoms with Gasteiger partial charge in [0.25, 0.3) is 0 Å². The lowest BCUT2D eigenvalue weighted by molar-refractivity contribution is -0.151. The van der Waals surface area contributed by atoms with Crippen molar-refractivity contribution in [2.45, 2.75) is 52.5 Å². The summed E-state index contributed by atoms with van der Waals surface area (Å²) in [6.45, 7) is 10.9. The van der Waals surface area contributed by atoms with Gasteiger partial charge in [0.2, 0.25) is 0 Å². The molecule has 4 heteroatoms. The van der Waals surface area contributed by atoms with Gasteiger partial charge in [-0.15, -0.1) is 0 Å². The van der Waals surface area contributed by atoms with Crippen molar-refractivity contribution < 1.29 is 9.53 Å². The molecule has 1 rings (SSSR count). The molecule has 0 amide bonds. The Bertz CT molecular complexity index is 259. The van der Waals surface area contributed by atoms with E-state index in [1.807, 2.05) is 6.92 Å². The van der Waals surface area contributed by atoms with Crippen molar-refractivity contribution in [2.24, 2.45) is 5.92 Å². The third-order valence-corrected chi connectivity index (χ3v) is 3.64. The van der Waals surface area contributed by atoms with E-state index in [1.54, 1.807) is 0 Å². The van der Waals surface area contributed by atoms with E-state index in [0.29, 0.717) is 12.5 Å². The minimum absolute atomic E-state index is 0.0117. The Hall–Kier alpha value is -0.610. The number of rotatable bonds is 8. The summed E-state index contributed by atoms with van der Waals surface area (Å²) >= 11 is 0. The zero-order valence-electron chi connectivity index (χ0n) is 12.8. The Balaban J connectivity index is 2.40. The summed E-state index contributed by atoms with van der Waals surface area (Å²) in [6, 6.07) is -0.0117. The molecule has 1 N–H and O–H groups in total. The molecule has 1 aliphatic heterocycles. The largest absolute Gasteiger partial charge is 0.465 e. The van der Waals surface area contributed by atoms with Crippen molar-refractivity contribution in [3.8, 4) is 0 Å². The van der Waals surface area contributed by atoms with Crippen LogP contribution in [0.5, 0.6) is 0 Å². The first-order valence-electron chi connectivity index (χ1n) is 7.80. The van der Waals surface area contributed by atoms with E-state index >= 15 is 0 Å². The van der Waals surface area contributed by atoms with Crippen LogP contribution in [0.15, 0.2) is 0 Å². The SMILES string of the molecule is CCCNCC(C)CN1CCCCC1C(=O)OCC. The molecule has 0 radical (unpaired) electrons. The van der Waals surface area contributed by atoms with Crippen molar-refractivity contribution in [1.82, 2.24) is 10.2 Å². The quantitative estimate of drug-likeness (QED) is 0.541. The molecule has 1 saturated heterocycles. The normalized spacial score (nSPS) is 22.2. The number of likely N-dealkylation sites (tertiary alicyclic amines) is 1. The number of piperidine rings is 1. The van der Waals surface area contributed by atoms with E-state index < -0.39 is 0 Å². The Labute approximate surface area is 117 Å². The van der Waals surface area contributed by atoms with Crippen LogP contribution in [0.25, 0.3) is 0 Å². The van der Waals surface area contributed by atoms with Gasteiger partial charge in [-0.05, 0) is 51.7 Å². The Morgan fingerprint density at radius 1 is 1.42 bits per heavy atom. The molecule has 2 unspecified atom stereocenters. The van der Waals surface area contributed by atoms with Gasteiger partial charge in [0.05, 0.1) is 6.61 Å². The lowest BCUT2D eigenvalue weighted by atomic mass is 10.00. The van der Waals surface area contributed by atoms with Crippen molar-refractivity contribution in [2.75, 3.05) is 32.8 Å². The fourth-order valence-corrected chi connectivity index (χ4v) is 2.71. The molecule has 1 heterocycles. The second-order valence-corrected chi connectivity index (χ2v) is 5.57. The van der Waals surface area contributed by atoms with E-state index in [-0.39, 0.29) is 12.0 Å². The van der Waals surface area contributed by atoms with Crippen LogP contribution in [0.4, 0.5) is 0 Å². The van der Waals surface area contributed by atoms with Gasteiger partial charge in [0, 0.05) is 6.54 Å². The van der Waals surface area contributed by atoms with Crippen molar-refractivity contribution in [3.05, 3.63) is 0 Å². The standard InChI is InChI=1S/C15H30N2O2/c1-4-9-16-11-13(3)12-17-10-7-6-8-14(17)15(18)19-5-2/h13-14,16H,4-12H2,1-3H3. The topological polar surface area (TPSA) is 41.6 Å². The molecule has 0 bridgehead atoms. The fourth-order valence-electron chi connectivity index (χ4n) is 2.71. The average Bonchev–Trinajstić information content (AvgIpc) is 2.40. The maximum Gasteiger partial charge on any atom is 0.323 e. The van der Waals surface area contributed by atoms with Gasteiger partial charge in [0.1, 0.15) is 6.04 Å². The predicted molar refractivity (Wildman–Crippen MR) is 78.2 cm³/mol. The molecule has 0 aromatic heterocycles. The molecule has 0 aromatic carbocycles. The summed E-state index contributed by atoms with van der Waals surface area (Å²) in [5.74, 6) is 0.539. The molecule has 0 aliphatic carbocycles. The summed E-state index contributed by atoms with van der Waals surface area (Å²) in [7, 11) is 0. The first-order chi connectivity index (χ1) is 9.19. The van der Waals surface area contributed by atoms with Gasteiger partial charge in [-0.1, -0.05) is 20.3 Å². The third kappa shape index (κ3) is 5.91. The first kappa shape index (κ1) is 16.4.